The van der Waals surface area contributed by atoms with Crippen LogP contribution in [-0.4, -0.2) is 9.97 Å². The van der Waals surface area contributed by atoms with Crippen molar-refractivity contribution in [2.75, 3.05) is 5.73 Å². The molecule has 0 amide bonds. The highest BCUT2D eigenvalue weighted by atomic mass is 79.9. The smallest absolute Gasteiger partial charge is 0.140 e. The third kappa shape index (κ3) is 1.87. The lowest BCUT2D eigenvalue weighted by molar-refractivity contribution is 1.33. The average Bonchev–Trinajstić information content (AvgIpc) is 2.75. The summed E-state index contributed by atoms with van der Waals surface area (Å²) in [5.41, 5.74) is 9.34. The first-order valence-electron chi connectivity index (χ1n) is 5.35. The number of benzene rings is 2. The van der Waals surface area contributed by atoms with Gasteiger partial charge in [-0.05, 0) is 46.3 Å². The van der Waals surface area contributed by atoms with E-state index in [1.807, 2.05) is 36.4 Å². The van der Waals surface area contributed by atoms with Crippen LogP contribution in [0.2, 0.25) is 5.02 Å². The number of halogens is 2. The minimum atomic E-state index is 0.669. The highest BCUT2D eigenvalue weighted by Crippen LogP contribution is 2.31. The van der Waals surface area contributed by atoms with E-state index in [0.29, 0.717) is 10.7 Å². The molecule has 90 valence electrons. The number of imidazole rings is 1. The lowest BCUT2D eigenvalue weighted by atomic mass is 10.2. The van der Waals surface area contributed by atoms with Crippen molar-refractivity contribution in [1.82, 2.24) is 9.97 Å². The number of aromatic nitrogens is 2. The molecule has 0 saturated heterocycles. The standard InChI is InChI=1S/C13H9BrClN3/c14-9-3-1-2-8(12(9)16)13-17-10-5-4-7(15)6-11(10)18-13/h1-6H,16H2,(H,17,18). The van der Waals surface area contributed by atoms with Gasteiger partial charge in [-0.1, -0.05) is 17.7 Å². The van der Waals surface area contributed by atoms with Crippen LogP contribution in [0.4, 0.5) is 5.69 Å². The van der Waals surface area contributed by atoms with E-state index in [4.69, 9.17) is 17.3 Å². The van der Waals surface area contributed by atoms with Crippen LogP contribution in [-0.2, 0) is 0 Å². The Bertz CT molecular complexity index is 736. The predicted molar refractivity (Wildman–Crippen MR) is 78.7 cm³/mol. The van der Waals surface area contributed by atoms with Crippen LogP contribution in [0.15, 0.2) is 40.9 Å². The molecule has 1 heterocycles. The molecular weight excluding hydrogens is 314 g/mol. The van der Waals surface area contributed by atoms with E-state index in [1.54, 1.807) is 0 Å². The molecule has 0 spiro atoms. The number of anilines is 1. The zero-order valence-electron chi connectivity index (χ0n) is 9.24. The Morgan fingerprint density at radius 3 is 2.89 bits per heavy atom. The van der Waals surface area contributed by atoms with E-state index in [1.165, 1.54) is 0 Å². The molecule has 0 radical (unpaired) electrons. The summed E-state index contributed by atoms with van der Waals surface area (Å²) < 4.78 is 0.860. The summed E-state index contributed by atoms with van der Waals surface area (Å²) in [6, 6.07) is 11.3. The van der Waals surface area contributed by atoms with Gasteiger partial charge in [0.15, 0.2) is 0 Å². The summed E-state index contributed by atoms with van der Waals surface area (Å²) in [6.07, 6.45) is 0. The summed E-state index contributed by atoms with van der Waals surface area (Å²) in [6.45, 7) is 0. The van der Waals surface area contributed by atoms with Gasteiger partial charge in [0.25, 0.3) is 0 Å². The van der Waals surface area contributed by atoms with Crippen molar-refractivity contribution >= 4 is 44.3 Å². The number of fused-ring (bicyclic) bond motifs is 1. The number of rotatable bonds is 1. The fourth-order valence-corrected chi connectivity index (χ4v) is 2.39. The van der Waals surface area contributed by atoms with E-state index >= 15 is 0 Å². The molecule has 0 unspecified atom stereocenters. The number of para-hydroxylation sites is 1. The second kappa shape index (κ2) is 4.30. The van der Waals surface area contributed by atoms with Crippen molar-refractivity contribution in [2.24, 2.45) is 0 Å². The van der Waals surface area contributed by atoms with Crippen molar-refractivity contribution < 1.29 is 0 Å². The Labute approximate surface area is 117 Å². The molecule has 3 rings (SSSR count). The Morgan fingerprint density at radius 1 is 1.22 bits per heavy atom. The maximum atomic E-state index is 6.03. The predicted octanol–water partition coefficient (Wildman–Crippen LogP) is 4.23. The Kier molecular flexibility index (Phi) is 2.76. The number of hydrogen-bond donors (Lipinski definition) is 2. The molecule has 3 aromatic rings. The van der Waals surface area contributed by atoms with Crippen LogP contribution in [0.25, 0.3) is 22.4 Å². The molecule has 0 aliphatic heterocycles. The highest BCUT2D eigenvalue weighted by molar-refractivity contribution is 9.10. The maximum absolute atomic E-state index is 6.03. The van der Waals surface area contributed by atoms with Crippen molar-refractivity contribution in [1.29, 1.82) is 0 Å². The van der Waals surface area contributed by atoms with Crippen LogP contribution in [0.3, 0.4) is 0 Å². The quantitative estimate of drug-likeness (QED) is 0.659. The van der Waals surface area contributed by atoms with Gasteiger partial charge < -0.3 is 10.7 Å². The van der Waals surface area contributed by atoms with E-state index in [9.17, 15) is 0 Å². The van der Waals surface area contributed by atoms with Crippen molar-refractivity contribution in [3.63, 3.8) is 0 Å². The van der Waals surface area contributed by atoms with Crippen LogP contribution < -0.4 is 5.73 Å². The molecule has 5 heteroatoms. The number of nitrogens with one attached hydrogen (secondary N) is 1. The van der Waals surface area contributed by atoms with Gasteiger partial charge >= 0.3 is 0 Å². The molecule has 0 aliphatic rings. The van der Waals surface area contributed by atoms with Crippen LogP contribution in [0.5, 0.6) is 0 Å². The van der Waals surface area contributed by atoms with Gasteiger partial charge in [0.1, 0.15) is 5.82 Å². The number of nitrogens with zero attached hydrogens (tertiary/aromatic N) is 1. The van der Waals surface area contributed by atoms with Crippen LogP contribution in [0, 0.1) is 0 Å². The second-order valence-electron chi connectivity index (χ2n) is 3.95. The minimum absolute atomic E-state index is 0.669. The monoisotopic (exact) mass is 321 g/mol. The van der Waals surface area contributed by atoms with Gasteiger partial charge in [0.2, 0.25) is 0 Å². The summed E-state index contributed by atoms with van der Waals surface area (Å²) in [5, 5.41) is 0.680. The summed E-state index contributed by atoms with van der Waals surface area (Å²) >= 11 is 9.36. The molecule has 18 heavy (non-hydrogen) atoms. The van der Waals surface area contributed by atoms with E-state index in [0.717, 1.165) is 26.9 Å². The van der Waals surface area contributed by atoms with Gasteiger partial charge in [-0.2, -0.15) is 0 Å². The number of hydrogen-bond acceptors (Lipinski definition) is 2. The molecule has 0 aliphatic carbocycles. The first-order valence-corrected chi connectivity index (χ1v) is 6.52. The highest BCUT2D eigenvalue weighted by Gasteiger charge is 2.10. The number of nitrogens with two attached hydrogens (primary N) is 1. The van der Waals surface area contributed by atoms with Crippen LogP contribution in [0.1, 0.15) is 0 Å². The van der Waals surface area contributed by atoms with Crippen molar-refractivity contribution in [3.05, 3.63) is 45.9 Å². The fourth-order valence-electron chi connectivity index (χ4n) is 1.85. The van der Waals surface area contributed by atoms with Crippen molar-refractivity contribution in [3.8, 4) is 11.4 Å². The number of aromatic amines is 1. The SMILES string of the molecule is Nc1c(Br)cccc1-c1nc2ccc(Cl)cc2[nH]1. The zero-order valence-corrected chi connectivity index (χ0v) is 11.6. The van der Waals surface area contributed by atoms with Crippen LogP contribution >= 0.6 is 27.5 Å². The normalized spacial score (nSPS) is 11.0. The maximum Gasteiger partial charge on any atom is 0.140 e. The number of H-pyrrole nitrogens is 1. The minimum Gasteiger partial charge on any atom is -0.397 e. The third-order valence-corrected chi connectivity index (χ3v) is 3.68. The van der Waals surface area contributed by atoms with E-state index in [2.05, 4.69) is 25.9 Å². The first-order chi connectivity index (χ1) is 8.65. The molecule has 0 atom stereocenters. The zero-order chi connectivity index (χ0) is 12.7. The number of nitrogen functional groups attached to an aromatic ring is 1. The van der Waals surface area contributed by atoms with E-state index < -0.39 is 0 Å². The molecule has 3 N–H and O–H groups in total. The summed E-state index contributed by atoms with van der Waals surface area (Å²) in [4.78, 5) is 7.74. The topological polar surface area (TPSA) is 54.7 Å². The molecule has 3 nitrogen and oxygen atoms in total. The molecule has 0 fully saturated rings. The first kappa shape index (κ1) is 11.6. The molecule has 0 bridgehead atoms. The fraction of sp³-hybridized carbons (Fsp3) is 0. The Hall–Kier alpha value is -1.52. The Balaban J connectivity index is 2.22. The second-order valence-corrected chi connectivity index (χ2v) is 5.24. The van der Waals surface area contributed by atoms with Crippen molar-refractivity contribution in [2.45, 2.75) is 0 Å². The average molecular weight is 323 g/mol. The largest absolute Gasteiger partial charge is 0.397 e. The summed E-state index contributed by atoms with van der Waals surface area (Å²) in [5.74, 6) is 0.742. The van der Waals surface area contributed by atoms with Gasteiger partial charge in [0.05, 0.1) is 16.7 Å². The molecule has 0 saturated carbocycles. The lowest BCUT2D eigenvalue weighted by Gasteiger charge is -2.03. The van der Waals surface area contributed by atoms with Gasteiger partial charge in [-0.25, -0.2) is 4.98 Å². The lowest BCUT2D eigenvalue weighted by Crippen LogP contribution is -1.92. The summed E-state index contributed by atoms with van der Waals surface area (Å²) in [7, 11) is 0. The Morgan fingerprint density at radius 2 is 2.06 bits per heavy atom. The molecular formula is C13H9BrClN3. The third-order valence-electron chi connectivity index (χ3n) is 2.75. The molecule has 1 aromatic heterocycles. The molecule has 2 aromatic carbocycles. The van der Waals surface area contributed by atoms with Gasteiger partial charge in [-0.3, -0.25) is 0 Å². The van der Waals surface area contributed by atoms with Gasteiger partial charge in [0, 0.05) is 15.1 Å². The van der Waals surface area contributed by atoms with Gasteiger partial charge in [-0.15, -0.1) is 0 Å². The van der Waals surface area contributed by atoms with E-state index in [-0.39, 0.29) is 0 Å².